The molecule has 30 heavy (non-hydrogen) atoms. The zero-order valence-corrected chi connectivity index (χ0v) is 19.1. The molecule has 8 heteroatoms. The molecule has 172 valence electrons. The van der Waals surface area contributed by atoms with Crippen molar-refractivity contribution in [2.45, 2.75) is 90.5 Å². The second kappa shape index (κ2) is 10.3. The molecule has 0 aromatic heterocycles. The summed E-state index contributed by atoms with van der Waals surface area (Å²) >= 11 is 0. The highest BCUT2D eigenvalue weighted by molar-refractivity contribution is 5.90. The fourth-order valence-electron chi connectivity index (χ4n) is 3.87. The highest BCUT2D eigenvalue weighted by Gasteiger charge is 2.47. The van der Waals surface area contributed by atoms with Crippen LogP contribution in [-0.4, -0.2) is 62.9 Å². The summed E-state index contributed by atoms with van der Waals surface area (Å²) in [6.45, 7) is 14.2. The predicted octanol–water partition coefficient (Wildman–Crippen LogP) is 2.94. The van der Waals surface area contributed by atoms with Gasteiger partial charge in [0.1, 0.15) is 17.7 Å². The van der Waals surface area contributed by atoms with E-state index in [2.05, 4.69) is 18.8 Å². The van der Waals surface area contributed by atoms with Gasteiger partial charge in [-0.05, 0) is 58.8 Å². The van der Waals surface area contributed by atoms with Gasteiger partial charge in [-0.25, -0.2) is 9.59 Å². The second-order valence-electron chi connectivity index (χ2n) is 9.83. The van der Waals surface area contributed by atoms with Crippen molar-refractivity contribution in [2.24, 2.45) is 11.8 Å². The molecule has 0 bridgehead atoms. The standard InChI is InChI=1S/C22H38N2O6/c1-8-9-10-14(2)11-15(3)17(23-20(28)30-21(4,5)6)18(25)24-13-22(7,29)12-16(24)19(26)27/h8,14-17,29H,1,9-13H2,2-7H3,(H,23,28)(H,26,27)/t14?,15-,16+,17?,22-/m1/s1. The van der Waals surface area contributed by atoms with Gasteiger partial charge in [0.05, 0.1) is 12.1 Å². The summed E-state index contributed by atoms with van der Waals surface area (Å²) in [7, 11) is 0. The number of ether oxygens (including phenoxy) is 1. The first-order valence-corrected chi connectivity index (χ1v) is 10.5. The van der Waals surface area contributed by atoms with Gasteiger partial charge in [0.15, 0.2) is 0 Å². The molecule has 0 spiro atoms. The largest absolute Gasteiger partial charge is 0.480 e. The molecule has 1 saturated heterocycles. The van der Waals surface area contributed by atoms with Crippen LogP contribution >= 0.6 is 0 Å². The molecule has 2 unspecified atom stereocenters. The first kappa shape index (κ1) is 25.9. The number of allylic oxidation sites excluding steroid dienone is 1. The maximum absolute atomic E-state index is 13.4. The van der Waals surface area contributed by atoms with Crippen molar-refractivity contribution in [2.75, 3.05) is 6.54 Å². The van der Waals surface area contributed by atoms with Gasteiger partial charge in [-0.15, -0.1) is 6.58 Å². The minimum Gasteiger partial charge on any atom is -0.480 e. The Morgan fingerprint density at radius 2 is 1.93 bits per heavy atom. The van der Waals surface area contributed by atoms with E-state index in [4.69, 9.17) is 4.74 Å². The molecule has 0 aliphatic carbocycles. The van der Waals surface area contributed by atoms with Gasteiger partial charge in [0, 0.05) is 6.42 Å². The van der Waals surface area contributed by atoms with Gasteiger partial charge in [0.2, 0.25) is 5.91 Å². The summed E-state index contributed by atoms with van der Waals surface area (Å²) in [6.07, 6.45) is 3.45. The molecule has 1 rings (SSSR count). The summed E-state index contributed by atoms with van der Waals surface area (Å²) in [6, 6.07) is -2.09. The Morgan fingerprint density at radius 3 is 2.43 bits per heavy atom. The van der Waals surface area contributed by atoms with Crippen molar-refractivity contribution in [3.05, 3.63) is 12.7 Å². The lowest BCUT2D eigenvalue weighted by atomic mass is 9.88. The maximum atomic E-state index is 13.4. The molecule has 1 fully saturated rings. The van der Waals surface area contributed by atoms with Gasteiger partial charge >= 0.3 is 12.1 Å². The number of carboxylic acid groups (broad SMARTS) is 1. The Hall–Kier alpha value is -2.09. The van der Waals surface area contributed by atoms with Crippen LogP contribution in [0.5, 0.6) is 0 Å². The molecule has 0 saturated carbocycles. The summed E-state index contributed by atoms with van der Waals surface area (Å²) in [5.74, 6) is -1.67. The number of likely N-dealkylation sites (tertiary alicyclic amines) is 1. The fraction of sp³-hybridized carbons (Fsp3) is 0.773. The third kappa shape index (κ3) is 7.97. The van der Waals surface area contributed by atoms with Gasteiger partial charge < -0.3 is 25.2 Å². The topological polar surface area (TPSA) is 116 Å². The summed E-state index contributed by atoms with van der Waals surface area (Å²) in [4.78, 5) is 38.6. The van der Waals surface area contributed by atoms with Crippen LogP contribution in [-0.2, 0) is 14.3 Å². The van der Waals surface area contributed by atoms with Crippen molar-refractivity contribution >= 4 is 18.0 Å². The van der Waals surface area contributed by atoms with Gasteiger partial charge in [-0.3, -0.25) is 4.79 Å². The third-order valence-electron chi connectivity index (χ3n) is 5.23. The highest BCUT2D eigenvalue weighted by atomic mass is 16.6. The number of carboxylic acids is 1. The lowest BCUT2D eigenvalue weighted by molar-refractivity contribution is -0.149. The number of β-amino-alcohol motifs (C(OH)–C–C–N with tert-alkyl or cyclic N) is 1. The smallest absolute Gasteiger partial charge is 0.408 e. The zero-order chi connectivity index (χ0) is 23.3. The average Bonchev–Trinajstić information content (AvgIpc) is 2.91. The number of aliphatic hydroxyl groups is 1. The molecule has 5 atom stereocenters. The average molecular weight is 427 g/mol. The van der Waals surface area contributed by atoms with E-state index in [0.717, 1.165) is 17.7 Å². The minimum absolute atomic E-state index is 0.0582. The van der Waals surface area contributed by atoms with Gasteiger partial charge in [-0.1, -0.05) is 19.9 Å². The number of nitrogens with one attached hydrogen (secondary N) is 1. The predicted molar refractivity (Wildman–Crippen MR) is 114 cm³/mol. The minimum atomic E-state index is -1.30. The van der Waals surface area contributed by atoms with Crippen LogP contribution in [0.2, 0.25) is 0 Å². The van der Waals surface area contributed by atoms with Crippen LogP contribution < -0.4 is 5.32 Å². The Balaban J connectivity index is 3.08. The molecule has 1 heterocycles. The molecule has 8 nitrogen and oxygen atoms in total. The van der Waals surface area contributed by atoms with Crippen LogP contribution in [0.1, 0.15) is 67.2 Å². The first-order valence-electron chi connectivity index (χ1n) is 10.5. The Morgan fingerprint density at radius 1 is 1.33 bits per heavy atom. The van der Waals surface area contributed by atoms with E-state index in [9.17, 15) is 24.6 Å². The van der Waals surface area contributed by atoms with E-state index in [1.54, 1.807) is 20.8 Å². The third-order valence-corrected chi connectivity index (χ3v) is 5.23. The Kier molecular flexibility index (Phi) is 8.90. The lowest BCUT2D eigenvalue weighted by Gasteiger charge is -2.32. The van der Waals surface area contributed by atoms with E-state index >= 15 is 0 Å². The molecule has 0 aromatic rings. The summed E-state index contributed by atoms with van der Waals surface area (Å²) < 4.78 is 5.32. The monoisotopic (exact) mass is 426 g/mol. The van der Waals surface area contributed by atoms with Crippen molar-refractivity contribution in [1.29, 1.82) is 0 Å². The number of nitrogens with zero attached hydrogens (tertiary/aromatic N) is 1. The quantitative estimate of drug-likeness (QED) is 0.488. The van der Waals surface area contributed by atoms with Crippen LogP contribution in [0, 0.1) is 11.8 Å². The molecule has 0 radical (unpaired) electrons. The van der Waals surface area contributed by atoms with E-state index in [0.29, 0.717) is 6.42 Å². The molecule has 3 N–H and O–H groups in total. The number of aliphatic carboxylic acids is 1. The van der Waals surface area contributed by atoms with Crippen molar-refractivity contribution < 1.29 is 29.3 Å². The van der Waals surface area contributed by atoms with Crippen LogP contribution in [0.25, 0.3) is 0 Å². The van der Waals surface area contributed by atoms with Crippen LogP contribution in [0.3, 0.4) is 0 Å². The second-order valence-corrected chi connectivity index (χ2v) is 9.83. The van der Waals surface area contributed by atoms with E-state index in [1.165, 1.54) is 6.92 Å². The van der Waals surface area contributed by atoms with Crippen molar-refractivity contribution in [3.63, 3.8) is 0 Å². The Bertz CT molecular complexity index is 640. The summed E-state index contributed by atoms with van der Waals surface area (Å²) in [5.41, 5.74) is -2.03. The number of amides is 2. The van der Waals surface area contributed by atoms with Crippen LogP contribution in [0.15, 0.2) is 12.7 Å². The van der Waals surface area contributed by atoms with E-state index < -0.39 is 41.3 Å². The number of hydrogen-bond acceptors (Lipinski definition) is 5. The van der Waals surface area contributed by atoms with Crippen molar-refractivity contribution in [3.8, 4) is 0 Å². The van der Waals surface area contributed by atoms with Gasteiger partial charge in [-0.2, -0.15) is 0 Å². The number of rotatable bonds is 9. The number of alkyl carbamates (subject to hydrolysis) is 1. The molecular weight excluding hydrogens is 388 g/mol. The lowest BCUT2D eigenvalue weighted by Crippen LogP contribution is -2.55. The van der Waals surface area contributed by atoms with Crippen molar-refractivity contribution in [1.82, 2.24) is 10.2 Å². The molecule has 2 amide bonds. The molecular formula is C22H38N2O6. The molecule has 1 aliphatic rings. The maximum Gasteiger partial charge on any atom is 0.408 e. The fourth-order valence-corrected chi connectivity index (χ4v) is 3.87. The summed E-state index contributed by atoms with van der Waals surface area (Å²) in [5, 5.41) is 22.5. The Labute approximate surface area is 179 Å². The normalized spacial score (nSPS) is 24.6. The molecule has 0 aromatic carbocycles. The first-order chi connectivity index (χ1) is 13.7. The number of carbonyl (C=O) groups excluding carboxylic acids is 2. The van der Waals surface area contributed by atoms with Gasteiger partial charge in [0.25, 0.3) is 0 Å². The zero-order valence-electron chi connectivity index (χ0n) is 19.1. The number of carbonyl (C=O) groups is 3. The number of hydrogen-bond donors (Lipinski definition) is 3. The van der Waals surface area contributed by atoms with E-state index in [1.807, 2.05) is 13.0 Å². The highest BCUT2D eigenvalue weighted by Crippen LogP contribution is 2.29. The van der Waals surface area contributed by atoms with E-state index in [-0.39, 0.29) is 24.8 Å². The SMILES string of the molecule is C=CCCC(C)C[C@@H](C)C(NC(=O)OC(C)(C)C)C(=O)N1C[C@](C)(O)C[C@H]1C(=O)O. The molecule has 1 aliphatic heterocycles. The van der Waals surface area contributed by atoms with Crippen LogP contribution in [0.4, 0.5) is 4.79 Å².